The van der Waals surface area contributed by atoms with Gasteiger partial charge in [-0.05, 0) is 53.9 Å². The lowest BCUT2D eigenvalue weighted by Gasteiger charge is -2.29. The third kappa shape index (κ3) is 7.32. The Labute approximate surface area is 151 Å². The van der Waals surface area contributed by atoms with Gasteiger partial charge in [-0.25, -0.2) is 4.79 Å². The lowest BCUT2D eigenvalue weighted by molar-refractivity contribution is -0.129. The fraction of sp³-hybridized carbons (Fsp3) is 0.833. The highest BCUT2D eigenvalue weighted by Gasteiger charge is 2.29. The lowest BCUT2D eigenvalue weighted by Crippen LogP contribution is -2.46. The molecule has 7 nitrogen and oxygen atoms in total. The first-order valence-corrected chi connectivity index (χ1v) is 9.01. The summed E-state index contributed by atoms with van der Waals surface area (Å²) < 4.78 is 5.23. The topological polar surface area (TPSA) is 79.0 Å². The molecule has 0 spiro atoms. The van der Waals surface area contributed by atoms with Crippen molar-refractivity contribution in [1.29, 1.82) is 0 Å². The van der Waals surface area contributed by atoms with Gasteiger partial charge in [-0.1, -0.05) is 0 Å². The van der Waals surface area contributed by atoms with Crippen LogP contribution in [-0.4, -0.2) is 65.0 Å². The molecule has 3 amide bonds. The van der Waals surface area contributed by atoms with Gasteiger partial charge in [0.1, 0.15) is 5.60 Å². The molecule has 144 valence electrons. The molecule has 0 aromatic heterocycles. The first-order chi connectivity index (χ1) is 11.5. The van der Waals surface area contributed by atoms with Crippen molar-refractivity contribution < 1.29 is 19.1 Å². The Balaban J connectivity index is 2.50. The van der Waals surface area contributed by atoms with Crippen molar-refractivity contribution in [2.24, 2.45) is 0 Å². The number of likely N-dealkylation sites (tertiary alicyclic amines) is 1. The molecular formula is C18H33N3O4. The van der Waals surface area contributed by atoms with Gasteiger partial charge in [-0.3, -0.25) is 9.59 Å². The van der Waals surface area contributed by atoms with Crippen molar-refractivity contribution in [2.45, 2.75) is 84.5 Å². The summed E-state index contributed by atoms with van der Waals surface area (Å²) in [5, 5.41) is 2.76. The van der Waals surface area contributed by atoms with Gasteiger partial charge in [0.25, 0.3) is 0 Å². The Morgan fingerprint density at radius 3 is 2.52 bits per heavy atom. The fourth-order valence-corrected chi connectivity index (χ4v) is 3.14. The number of ether oxygens (including phenoxy) is 1. The standard InChI is InChI=1S/C18H33N3O4/c1-13(19-17(24)25-18(4,5)6)11-20(15(3)23)10-9-16-8-7-14(2)21(16)12-22/h12-14,16H,7-11H2,1-6H3,(H,19,24). The Morgan fingerprint density at radius 2 is 2.00 bits per heavy atom. The molecule has 7 heteroatoms. The maximum atomic E-state index is 11.9. The summed E-state index contributed by atoms with van der Waals surface area (Å²) in [7, 11) is 0. The first-order valence-electron chi connectivity index (χ1n) is 9.01. The molecule has 1 fully saturated rings. The minimum Gasteiger partial charge on any atom is -0.444 e. The maximum Gasteiger partial charge on any atom is 0.407 e. The molecule has 1 aliphatic heterocycles. The second kappa shape index (κ2) is 9.06. The summed E-state index contributed by atoms with van der Waals surface area (Å²) in [6, 6.07) is 0.230. The monoisotopic (exact) mass is 355 g/mol. The maximum absolute atomic E-state index is 11.9. The van der Waals surface area contributed by atoms with E-state index in [9.17, 15) is 14.4 Å². The number of amides is 3. The zero-order chi connectivity index (χ0) is 19.2. The number of nitrogens with one attached hydrogen (secondary N) is 1. The normalized spacial score (nSPS) is 21.6. The van der Waals surface area contributed by atoms with Crippen LogP contribution in [0.3, 0.4) is 0 Å². The molecule has 1 aliphatic rings. The van der Waals surface area contributed by atoms with Crippen LogP contribution in [0.25, 0.3) is 0 Å². The minimum absolute atomic E-state index is 0.0402. The molecular weight excluding hydrogens is 322 g/mol. The van der Waals surface area contributed by atoms with Crippen molar-refractivity contribution in [2.75, 3.05) is 13.1 Å². The molecule has 25 heavy (non-hydrogen) atoms. The highest BCUT2D eigenvalue weighted by atomic mass is 16.6. The van der Waals surface area contributed by atoms with Gasteiger partial charge in [0.2, 0.25) is 12.3 Å². The van der Waals surface area contributed by atoms with Crippen molar-refractivity contribution in [3.05, 3.63) is 0 Å². The highest BCUT2D eigenvalue weighted by Crippen LogP contribution is 2.24. The van der Waals surface area contributed by atoms with Crippen LogP contribution in [0.1, 0.15) is 60.8 Å². The van der Waals surface area contributed by atoms with Gasteiger partial charge in [0.15, 0.2) is 0 Å². The molecule has 0 saturated carbocycles. The van der Waals surface area contributed by atoms with E-state index in [4.69, 9.17) is 4.74 Å². The number of hydrogen-bond donors (Lipinski definition) is 1. The van der Waals surface area contributed by atoms with E-state index >= 15 is 0 Å². The van der Waals surface area contributed by atoms with E-state index in [2.05, 4.69) is 5.32 Å². The predicted molar refractivity (Wildman–Crippen MR) is 96.1 cm³/mol. The van der Waals surface area contributed by atoms with Crippen LogP contribution in [0.15, 0.2) is 0 Å². The second-order valence-corrected chi connectivity index (χ2v) is 7.93. The van der Waals surface area contributed by atoms with Crippen LogP contribution in [0, 0.1) is 0 Å². The van der Waals surface area contributed by atoms with E-state index in [1.807, 2.05) is 18.7 Å². The summed E-state index contributed by atoms with van der Waals surface area (Å²) in [6.45, 7) is 11.8. The number of hydrogen-bond acceptors (Lipinski definition) is 4. The van der Waals surface area contributed by atoms with Crippen molar-refractivity contribution in [3.63, 3.8) is 0 Å². The lowest BCUT2D eigenvalue weighted by atomic mass is 10.1. The zero-order valence-electron chi connectivity index (χ0n) is 16.4. The van der Waals surface area contributed by atoms with Crippen LogP contribution in [0.2, 0.25) is 0 Å². The van der Waals surface area contributed by atoms with Crippen LogP contribution >= 0.6 is 0 Å². The molecule has 0 aromatic rings. The SMILES string of the molecule is CC(=O)N(CCC1CCC(C)N1C=O)CC(C)NC(=O)OC(C)(C)C. The minimum atomic E-state index is -0.554. The van der Waals surface area contributed by atoms with Gasteiger partial charge in [-0.15, -0.1) is 0 Å². The molecule has 1 saturated heterocycles. The number of alkyl carbamates (subject to hydrolysis) is 1. The van der Waals surface area contributed by atoms with Crippen LogP contribution in [0.5, 0.6) is 0 Å². The Bertz CT molecular complexity index is 475. The molecule has 1 heterocycles. The molecule has 1 N–H and O–H groups in total. The molecule has 0 aliphatic carbocycles. The van der Waals surface area contributed by atoms with Crippen molar-refractivity contribution in [1.82, 2.24) is 15.1 Å². The van der Waals surface area contributed by atoms with E-state index < -0.39 is 11.7 Å². The largest absolute Gasteiger partial charge is 0.444 e. The molecule has 1 rings (SSSR count). The molecule has 0 radical (unpaired) electrons. The first kappa shape index (κ1) is 21.3. The summed E-state index contributed by atoms with van der Waals surface area (Å²) >= 11 is 0. The Hall–Kier alpha value is -1.79. The number of nitrogens with zero attached hydrogens (tertiary/aromatic N) is 2. The third-order valence-corrected chi connectivity index (χ3v) is 4.40. The summed E-state index contributed by atoms with van der Waals surface area (Å²) in [5.74, 6) is -0.0402. The van der Waals surface area contributed by atoms with Crippen LogP contribution in [-0.2, 0) is 14.3 Å². The average Bonchev–Trinajstić information content (AvgIpc) is 2.80. The number of carbonyl (C=O) groups excluding carboxylic acids is 3. The van der Waals surface area contributed by atoms with E-state index in [1.165, 1.54) is 6.92 Å². The number of carbonyl (C=O) groups is 3. The zero-order valence-corrected chi connectivity index (χ0v) is 16.4. The second-order valence-electron chi connectivity index (χ2n) is 7.93. The van der Waals surface area contributed by atoms with Crippen LogP contribution in [0.4, 0.5) is 4.79 Å². The smallest absolute Gasteiger partial charge is 0.407 e. The Morgan fingerprint density at radius 1 is 1.36 bits per heavy atom. The third-order valence-electron chi connectivity index (χ3n) is 4.40. The van der Waals surface area contributed by atoms with E-state index in [1.54, 1.807) is 25.7 Å². The summed E-state index contributed by atoms with van der Waals surface area (Å²) in [6.07, 6.45) is 3.15. The summed E-state index contributed by atoms with van der Waals surface area (Å²) in [5.41, 5.74) is -0.554. The predicted octanol–water partition coefficient (Wildman–Crippen LogP) is 2.15. The highest BCUT2D eigenvalue weighted by molar-refractivity contribution is 5.73. The van der Waals surface area contributed by atoms with E-state index in [-0.39, 0.29) is 24.0 Å². The number of rotatable bonds is 7. The van der Waals surface area contributed by atoms with Gasteiger partial charge in [-0.2, -0.15) is 0 Å². The van der Waals surface area contributed by atoms with Crippen molar-refractivity contribution >= 4 is 18.4 Å². The fourth-order valence-electron chi connectivity index (χ4n) is 3.14. The van der Waals surface area contributed by atoms with E-state index in [0.717, 1.165) is 25.7 Å². The average molecular weight is 355 g/mol. The van der Waals surface area contributed by atoms with Gasteiger partial charge < -0.3 is 19.9 Å². The molecule has 0 aromatic carbocycles. The van der Waals surface area contributed by atoms with Gasteiger partial charge >= 0.3 is 6.09 Å². The van der Waals surface area contributed by atoms with Crippen molar-refractivity contribution in [3.8, 4) is 0 Å². The van der Waals surface area contributed by atoms with Gasteiger partial charge in [0.05, 0.1) is 0 Å². The summed E-state index contributed by atoms with van der Waals surface area (Å²) in [4.78, 5) is 38.5. The van der Waals surface area contributed by atoms with Gasteiger partial charge in [0, 0.05) is 38.1 Å². The quantitative estimate of drug-likeness (QED) is 0.710. The molecule has 3 unspecified atom stereocenters. The molecule has 0 bridgehead atoms. The Kier molecular flexibility index (Phi) is 7.70. The van der Waals surface area contributed by atoms with Crippen LogP contribution < -0.4 is 5.32 Å². The van der Waals surface area contributed by atoms with E-state index in [0.29, 0.717) is 13.1 Å². The molecule has 3 atom stereocenters.